The summed E-state index contributed by atoms with van der Waals surface area (Å²) in [5.74, 6) is 0.694. The second kappa shape index (κ2) is 7.27. The van der Waals surface area contributed by atoms with Gasteiger partial charge in [0.25, 0.3) is 0 Å². The molecule has 0 spiro atoms. The van der Waals surface area contributed by atoms with Crippen LogP contribution in [0.5, 0.6) is 0 Å². The summed E-state index contributed by atoms with van der Waals surface area (Å²) < 4.78 is 39.0. The largest absolute Gasteiger partial charge is 1.00 e. The Kier molecular flexibility index (Phi) is 5.80. The standard InChI is InChI=1S/C15H10BrF3N2S.BrH/c16-11-4-1-9(2-5-11)8-22-14-20-12-6-3-10(15(17,18)19)7-13(12)21-14;/h1-7H,8H2,(H,20,21);1H/p-1. The molecule has 0 aliphatic carbocycles. The summed E-state index contributed by atoms with van der Waals surface area (Å²) in [5, 5.41) is 0.609. The first kappa shape index (κ1) is 18.4. The zero-order chi connectivity index (χ0) is 15.7. The van der Waals surface area contributed by atoms with Crippen molar-refractivity contribution < 1.29 is 30.2 Å². The number of nitrogens with one attached hydrogen (secondary N) is 1. The minimum absolute atomic E-state index is 0. The number of benzene rings is 2. The summed E-state index contributed by atoms with van der Waals surface area (Å²) in [6, 6.07) is 11.4. The van der Waals surface area contributed by atoms with Gasteiger partial charge in [-0.25, -0.2) is 4.98 Å². The van der Waals surface area contributed by atoms with Gasteiger partial charge in [-0.05, 0) is 35.9 Å². The Morgan fingerprint density at radius 3 is 2.43 bits per heavy atom. The third-order valence-corrected chi connectivity index (χ3v) is 4.55. The van der Waals surface area contributed by atoms with Gasteiger partial charge >= 0.3 is 6.18 Å². The highest BCUT2D eigenvalue weighted by molar-refractivity contribution is 9.10. The molecular formula is C15H10Br2F3N2S-. The minimum Gasteiger partial charge on any atom is -1.00 e. The van der Waals surface area contributed by atoms with E-state index >= 15 is 0 Å². The molecule has 2 aromatic carbocycles. The van der Waals surface area contributed by atoms with Crippen LogP contribution in [0.4, 0.5) is 13.2 Å². The maximum Gasteiger partial charge on any atom is 0.416 e. The van der Waals surface area contributed by atoms with Gasteiger partial charge < -0.3 is 22.0 Å². The van der Waals surface area contributed by atoms with Crippen LogP contribution in [0.1, 0.15) is 11.1 Å². The molecule has 2 nitrogen and oxygen atoms in total. The lowest BCUT2D eigenvalue weighted by Gasteiger charge is -2.05. The van der Waals surface area contributed by atoms with E-state index in [1.165, 1.54) is 17.8 Å². The number of hydrogen-bond acceptors (Lipinski definition) is 2. The number of alkyl halides is 3. The van der Waals surface area contributed by atoms with Crippen LogP contribution < -0.4 is 17.0 Å². The number of hydrogen-bond donors (Lipinski definition) is 1. The molecule has 3 aromatic rings. The first-order chi connectivity index (χ1) is 10.4. The molecule has 1 heterocycles. The second-order valence-electron chi connectivity index (χ2n) is 4.69. The molecule has 0 saturated heterocycles. The van der Waals surface area contributed by atoms with Crippen molar-refractivity contribution in [1.82, 2.24) is 9.97 Å². The Morgan fingerprint density at radius 2 is 1.78 bits per heavy atom. The zero-order valence-electron chi connectivity index (χ0n) is 11.5. The molecule has 0 bridgehead atoms. The third-order valence-electron chi connectivity index (χ3n) is 3.08. The van der Waals surface area contributed by atoms with Crippen molar-refractivity contribution in [3.05, 3.63) is 58.1 Å². The maximum absolute atomic E-state index is 12.7. The molecule has 23 heavy (non-hydrogen) atoms. The molecule has 1 N–H and O–H groups in total. The van der Waals surface area contributed by atoms with E-state index in [-0.39, 0.29) is 17.0 Å². The quantitative estimate of drug-likeness (QED) is 0.601. The number of halogens is 5. The van der Waals surface area contributed by atoms with Gasteiger partial charge in [0.1, 0.15) is 0 Å². The molecule has 0 aliphatic rings. The summed E-state index contributed by atoms with van der Waals surface area (Å²) >= 11 is 4.83. The summed E-state index contributed by atoms with van der Waals surface area (Å²) in [6.07, 6.45) is -4.34. The fourth-order valence-electron chi connectivity index (χ4n) is 1.96. The van der Waals surface area contributed by atoms with Crippen LogP contribution in [0, 0.1) is 0 Å². The zero-order valence-corrected chi connectivity index (χ0v) is 15.5. The highest BCUT2D eigenvalue weighted by Crippen LogP contribution is 2.32. The van der Waals surface area contributed by atoms with Crippen molar-refractivity contribution in [1.29, 1.82) is 0 Å². The summed E-state index contributed by atoms with van der Waals surface area (Å²) in [4.78, 5) is 7.23. The van der Waals surface area contributed by atoms with E-state index in [4.69, 9.17) is 0 Å². The van der Waals surface area contributed by atoms with Gasteiger partial charge in [0, 0.05) is 10.2 Å². The lowest BCUT2D eigenvalue weighted by molar-refractivity contribution is -0.137. The number of fused-ring (bicyclic) bond motifs is 1. The van der Waals surface area contributed by atoms with Crippen molar-refractivity contribution in [2.24, 2.45) is 0 Å². The monoisotopic (exact) mass is 465 g/mol. The SMILES string of the molecule is FC(F)(F)c1ccc2nc(SCc3ccc(Br)cc3)[nH]c2c1.[Br-]. The summed E-state index contributed by atoms with van der Waals surface area (Å²) in [5.41, 5.74) is 1.37. The van der Waals surface area contributed by atoms with Crippen molar-refractivity contribution in [3.8, 4) is 0 Å². The fourth-order valence-corrected chi connectivity index (χ4v) is 3.07. The highest BCUT2D eigenvalue weighted by Gasteiger charge is 2.30. The normalized spacial score (nSPS) is 11.5. The average molecular weight is 467 g/mol. The Hall–Kier alpha value is -0.990. The molecule has 122 valence electrons. The van der Waals surface area contributed by atoms with E-state index in [0.29, 0.717) is 21.9 Å². The van der Waals surface area contributed by atoms with E-state index < -0.39 is 11.7 Å². The Morgan fingerprint density at radius 1 is 1.09 bits per heavy atom. The van der Waals surface area contributed by atoms with Crippen molar-refractivity contribution in [2.75, 3.05) is 0 Å². The van der Waals surface area contributed by atoms with Crippen LogP contribution in [-0.2, 0) is 11.9 Å². The highest BCUT2D eigenvalue weighted by atomic mass is 79.9. The molecule has 8 heteroatoms. The smallest absolute Gasteiger partial charge is 0.416 e. The van der Waals surface area contributed by atoms with Crippen LogP contribution in [0.2, 0.25) is 0 Å². The molecular weight excluding hydrogens is 457 g/mol. The Bertz CT molecular complexity index is 801. The van der Waals surface area contributed by atoms with Gasteiger partial charge in [-0.2, -0.15) is 13.2 Å². The number of H-pyrrole nitrogens is 1. The van der Waals surface area contributed by atoms with Gasteiger partial charge in [0.2, 0.25) is 0 Å². The van der Waals surface area contributed by atoms with E-state index in [1.54, 1.807) is 0 Å². The van der Waals surface area contributed by atoms with E-state index in [2.05, 4.69) is 25.9 Å². The van der Waals surface area contributed by atoms with Crippen molar-refractivity contribution in [3.63, 3.8) is 0 Å². The summed E-state index contributed by atoms with van der Waals surface area (Å²) in [6.45, 7) is 0. The molecule has 0 aliphatic heterocycles. The lowest BCUT2D eigenvalue weighted by Crippen LogP contribution is -3.00. The van der Waals surface area contributed by atoms with Gasteiger partial charge in [-0.15, -0.1) is 0 Å². The van der Waals surface area contributed by atoms with E-state index in [9.17, 15) is 13.2 Å². The molecule has 1 aromatic heterocycles. The average Bonchev–Trinajstić information content (AvgIpc) is 2.87. The van der Waals surface area contributed by atoms with Gasteiger partial charge in [-0.1, -0.05) is 39.8 Å². The molecule has 0 fully saturated rings. The van der Waals surface area contributed by atoms with Gasteiger partial charge in [-0.3, -0.25) is 0 Å². The maximum atomic E-state index is 12.7. The molecule has 0 saturated carbocycles. The van der Waals surface area contributed by atoms with Crippen LogP contribution in [0.3, 0.4) is 0 Å². The lowest BCUT2D eigenvalue weighted by atomic mass is 10.2. The van der Waals surface area contributed by atoms with E-state index in [1.807, 2.05) is 24.3 Å². The van der Waals surface area contributed by atoms with Crippen molar-refractivity contribution in [2.45, 2.75) is 17.1 Å². The molecule has 0 amide bonds. The number of imidazole rings is 1. The number of rotatable bonds is 3. The molecule has 3 rings (SSSR count). The van der Waals surface area contributed by atoms with Crippen LogP contribution >= 0.6 is 27.7 Å². The van der Waals surface area contributed by atoms with Crippen LogP contribution in [0.15, 0.2) is 52.1 Å². The van der Waals surface area contributed by atoms with E-state index in [0.717, 1.165) is 22.2 Å². The minimum atomic E-state index is -4.34. The first-order valence-corrected chi connectivity index (χ1v) is 8.14. The predicted molar refractivity (Wildman–Crippen MR) is 84.8 cm³/mol. The van der Waals surface area contributed by atoms with Crippen molar-refractivity contribution >= 4 is 38.7 Å². The molecule has 0 radical (unpaired) electrons. The number of thioether (sulfide) groups is 1. The topological polar surface area (TPSA) is 28.7 Å². The molecule has 0 unspecified atom stereocenters. The Balaban J connectivity index is 0.00000192. The Labute approximate surface area is 153 Å². The van der Waals surface area contributed by atoms with Gasteiger partial charge in [0.05, 0.1) is 16.6 Å². The van der Waals surface area contributed by atoms with Gasteiger partial charge in [0.15, 0.2) is 5.16 Å². The number of nitrogens with zero attached hydrogens (tertiary/aromatic N) is 1. The third kappa shape index (κ3) is 4.51. The molecule has 0 atom stereocenters. The van der Waals surface area contributed by atoms with Crippen LogP contribution in [0.25, 0.3) is 11.0 Å². The summed E-state index contributed by atoms with van der Waals surface area (Å²) in [7, 11) is 0. The number of aromatic amines is 1. The first-order valence-electron chi connectivity index (χ1n) is 6.36. The predicted octanol–water partition coefficient (Wildman–Crippen LogP) is 2.64. The van der Waals surface area contributed by atoms with Crippen LogP contribution in [-0.4, -0.2) is 9.97 Å². The fraction of sp³-hybridized carbons (Fsp3) is 0.133. The number of aromatic nitrogens is 2. The second-order valence-corrected chi connectivity index (χ2v) is 6.57.